The van der Waals surface area contributed by atoms with Gasteiger partial charge in [-0.05, 0) is 36.9 Å². The Morgan fingerprint density at radius 3 is 2.40 bits per heavy atom. The molecule has 0 saturated heterocycles. The van der Waals surface area contributed by atoms with Gasteiger partial charge in [0.1, 0.15) is 5.75 Å². The van der Waals surface area contributed by atoms with Crippen LogP contribution in [0.1, 0.15) is 11.3 Å². The van der Waals surface area contributed by atoms with E-state index < -0.39 is 0 Å². The fourth-order valence-corrected chi connectivity index (χ4v) is 1.92. The highest BCUT2D eigenvalue weighted by Gasteiger charge is 2.05. The van der Waals surface area contributed by atoms with E-state index in [0.717, 1.165) is 30.4 Å². The van der Waals surface area contributed by atoms with Crippen LogP contribution >= 0.6 is 0 Å². The lowest BCUT2D eigenvalue weighted by molar-refractivity contribution is 0.414. The second-order valence-corrected chi connectivity index (χ2v) is 4.62. The van der Waals surface area contributed by atoms with Crippen molar-refractivity contribution in [2.24, 2.45) is 0 Å². The Morgan fingerprint density at radius 2 is 1.85 bits per heavy atom. The first-order valence-electron chi connectivity index (χ1n) is 6.54. The van der Waals surface area contributed by atoms with Crippen LogP contribution in [0.5, 0.6) is 5.75 Å². The van der Waals surface area contributed by atoms with Gasteiger partial charge in [0.15, 0.2) is 5.82 Å². The van der Waals surface area contributed by atoms with Gasteiger partial charge >= 0.3 is 0 Å². The summed E-state index contributed by atoms with van der Waals surface area (Å²) in [6, 6.07) is 12.0. The number of ether oxygens (including phenoxy) is 1. The van der Waals surface area contributed by atoms with Crippen molar-refractivity contribution in [3.63, 3.8) is 0 Å². The number of aromatic nitrogens is 2. The van der Waals surface area contributed by atoms with E-state index in [1.54, 1.807) is 7.11 Å². The molecule has 20 heavy (non-hydrogen) atoms. The largest absolute Gasteiger partial charge is 0.497 e. The summed E-state index contributed by atoms with van der Waals surface area (Å²) < 4.78 is 5.15. The zero-order chi connectivity index (χ0) is 14.4. The predicted molar refractivity (Wildman–Crippen MR) is 79.9 cm³/mol. The maximum Gasteiger partial charge on any atom is 0.151 e. The third-order valence-electron chi connectivity index (χ3n) is 3.03. The summed E-state index contributed by atoms with van der Waals surface area (Å²) in [5.74, 6) is 1.73. The molecular formula is C15H20N4O. The number of hydrogen-bond acceptors (Lipinski definition) is 5. The first kappa shape index (κ1) is 14.3. The number of nitrogens with zero attached hydrogens (tertiary/aromatic N) is 3. The zero-order valence-electron chi connectivity index (χ0n) is 12.1. The summed E-state index contributed by atoms with van der Waals surface area (Å²) in [6.07, 6.45) is 0. The standard InChI is InChI=1S/C15H20N4O/c1-16-10-13-6-9-15(18-17-13)19(2)11-12-4-7-14(20-3)8-5-12/h4-9,16H,10-11H2,1-3H3. The van der Waals surface area contributed by atoms with E-state index in [1.807, 2.05) is 38.4 Å². The van der Waals surface area contributed by atoms with Crippen LogP contribution in [0.4, 0.5) is 5.82 Å². The van der Waals surface area contributed by atoms with E-state index >= 15 is 0 Å². The van der Waals surface area contributed by atoms with Crippen molar-refractivity contribution >= 4 is 5.82 Å². The lowest BCUT2D eigenvalue weighted by Gasteiger charge is -2.18. The minimum absolute atomic E-state index is 0.732. The molecule has 0 amide bonds. The van der Waals surface area contributed by atoms with Gasteiger partial charge in [0.2, 0.25) is 0 Å². The minimum Gasteiger partial charge on any atom is -0.497 e. The number of hydrogen-bond donors (Lipinski definition) is 1. The van der Waals surface area contributed by atoms with E-state index in [2.05, 4.69) is 32.5 Å². The van der Waals surface area contributed by atoms with Gasteiger partial charge in [0, 0.05) is 20.1 Å². The van der Waals surface area contributed by atoms with E-state index in [-0.39, 0.29) is 0 Å². The molecule has 0 saturated carbocycles. The van der Waals surface area contributed by atoms with Crippen molar-refractivity contribution in [2.45, 2.75) is 13.1 Å². The van der Waals surface area contributed by atoms with E-state index in [1.165, 1.54) is 5.56 Å². The number of methoxy groups -OCH3 is 1. The number of anilines is 1. The van der Waals surface area contributed by atoms with Crippen LogP contribution in [0.2, 0.25) is 0 Å². The van der Waals surface area contributed by atoms with Gasteiger partial charge in [0.05, 0.1) is 12.8 Å². The van der Waals surface area contributed by atoms with Gasteiger partial charge in [-0.25, -0.2) is 0 Å². The maximum atomic E-state index is 5.15. The van der Waals surface area contributed by atoms with Gasteiger partial charge < -0.3 is 15.0 Å². The summed E-state index contributed by atoms with van der Waals surface area (Å²) in [6.45, 7) is 1.51. The normalized spacial score (nSPS) is 10.3. The van der Waals surface area contributed by atoms with Gasteiger partial charge in [-0.1, -0.05) is 12.1 Å². The van der Waals surface area contributed by atoms with Gasteiger partial charge in [0.25, 0.3) is 0 Å². The third-order valence-corrected chi connectivity index (χ3v) is 3.03. The van der Waals surface area contributed by atoms with Crippen LogP contribution in [0, 0.1) is 0 Å². The smallest absolute Gasteiger partial charge is 0.151 e. The summed E-state index contributed by atoms with van der Waals surface area (Å²) in [5, 5.41) is 11.5. The Bertz CT molecular complexity index is 525. The van der Waals surface area contributed by atoms with Gasteiger partial charge in [-0.15, -0.1) is 5.10 Å². The molecule has 0 aliphatic heterocycles. The zero-order valence-corrected chi connectivity index (χ0v) is 12.1. The Morgan fingerprint density at radius 1 is 1.10 bits per heavy atom. The number of benzene rings is 1. The van der Waals surface area contributed by atoms with Crippen LogP contribution in [0.25, 0.3) is 0 Å². The van der Waals surface area contributed by atoms with Crippen molar-refractivity contribution in [3.05, 3.63) is 47.7 Å². The van der Waals surface area contributed by atoms with Crippen LogP contribution in [-0.2, 0) is 13.1 Å². The first-order chi connectivity index (χ1) is 9.72. The average molecular weight is 272 g/mol. The van der Waals surface area contributed by atoms with Crippen molar-refractivity contribution in [3.8, 4) is 5.75 Å². The molecular weight excluding hydrogens is 252 g/mol. The van der Waals surface area contributed by atoms with Crippen LogP contribution < -0.4 is 15.0 Å². The predicted octanol–water partition coefficient (Wildman–Crippen LogP) is 1.84. The molecule has 0 spiro atoms. The van der Waals surface area contributed by atoms with Crippen molar-refractivity contribution in [1.29, 1.82) is 0 Å². The molecule has 0 aliphatic rings. The average Bonchev–Trinajstić information content (AvgIpc) is 2.49. The van der Waals surface area contributed by atoms with Crippen LogP contribution in [0.15, 0.2) is 36.4 Å². The fourth-order valence-electron chi connectivity index (χ4n) is 1.92. The highest BCUT2D eigenvalue weighted by Crippen LogP contribution is 2.15. The first-order valence-corrected chi connectivity index (χ1v) is 6.54. The Labute approximate surface area is 119 Å². The van der Waals surface area contributed by atoms with Gasteiger partial charge in [-0.3, -0.25) is 0 Å². The summed E-state index contributed by atoms with van der Waals surface area (Å²) in [5.41, 5.74) is 2.14. The summed E-state index contributed by atoms with van der Waals surface area (Å²) in [4.78, 5) is 2.07. The highest BCUT2D eigenvalue weighted by molar-refractivity contribution is 5.38. The second-order valence-electron chi connectivity index (χ2n) is 4.62. The second kappa shape index (κ2) is 6.86. The Kier molecular flexibility index (Phi) is 4.90. The molecule has 0 atom stereocenters. The highest BCUT2D eigenvalue weighted by atomic mass is 16.5. The Balaban J connectivity index is 2.01. The van der Waals surface area contributed by atoms with E-state index in [0.29, 0.717) is 0 Å². The molecule has 1 heterocycles. The molecule has 2 rings (SSSR count). The third kappa shape index (κ3) is 3.68. The SMILES string of the molecule is CNCc1ccc(N(C)Cc2ccc(OC)cc2)nn1. The van der Waals surface area contributed by atoms with Crippen LogP contribution in [-0.4, -0.2) is 31.4 Å². The molecule has 0 fully saturated rings. The molecule has 1 aromatic heterocycles. The van der Waals surface area contributed by atoms with Crippen molar-refractivity contribution in [2.75, 3.05) is 26.1 Å². The van der Waals surface area contributed by atoms with E-state index in [4.69, 9.17) is 4.74 Å². The van der Waals surface area contributed by atoms with Crippen molar-refractivity contribution in [1.82, 2.24) is 15.5 Å². The quantitative estimate of drug-likeness (QED) is 0.869. The number of rotatable bonds is 6. The molecule has 0 radical (unpaired) electrons. The molecule has 5 heteroatoms. The minimum atomic E-state index is 0.732. The monoisotopic (exact) mass is 272 g/mol. The molecule has 0 aliphatic carbocycles. The Hall–Kier alpha value is -2.14. The molecule has 1 N–H and O–H groups in total. The maximum absolute atomic E-state index is 5.15. The molecule has 5 nitrogen and oxygen atoms in total. The number of nitrogens with one attached hydrogen (secondary N) is 1. The summed E-state index contributed by atoms with van der Waals surface area (Å²) in [7, 11) is 5.57. The molecule has 0 bridgehead atoms. The lowest BCUT2D eigenvalue weighted by atomic mass is 10.2. The topological polar surface area (TPSA) is 50.3 Å². The molecule has 1 aromatic carbocycles. The fraction of sp³-hybridized carbons (Fsp3) is 0.333. The molecule has 0 unspecified atom stereocenters. The van der Waals surface area contributed by atoms with Crippen molar-refractivity contribution < 1.29 is 4.74 Å². The van der Waals surface area contributed by atoms with E-state index in [9.17, 15) is 0 Å². The summed E-state index contributed by atoms with van der Waals surface area (Å²) >= 11 is 0. The lowest BCUT2D eigenvalue weighted by Crippen LogP contribution is -2.18. The van der Waals surface area contributed by atoms with Gasteiger partial charge in [-0.2, -0.15) is 5.10 Å². The molecule has 106 valence electrons. The van der Waals surface area contributed by atoms with Crippen LogP contribution in [0.3, 0.4) is 0 Å². The molecule has 2 aromatic rings.